The number of carbonyl (C=O) groups excluding carboxylic acids is 1. The number of anilines is 1. The Hall–Kier alpha value is -5.69. The molecule has 6 rings (SSSR count). The van der Waals surface area contributed by atoms with Gasteiger partial charge in [-0.25, -0.2) is 9.97 Å². The average molecular weight is 530 g/mol. The molecule has 0 aliphatic rings. The van der Waals surface area contributed by atoms with Crippen LogP contribution in [0.2, 0.25) is 0 Å². The van der Waals surface area contributed by atoms with Crippen LogP contribution in [-0.4, -0.2) is 30.1 Å². The molecule has 4 aromatic heterocycles. The standard InChI is InChI=1S/C30H23N7O3/c1-18(35-30(39)25-28(31)33-17-37-14-13-32-29(25)37)27-24(20-7-4-3-5-8-20)26(38)23-21(9-6-10-22(23)40-27)12-11-19-15-34-36(2)16-19/h3-10,13-18H,31H2,1-2H3,(H,35,39)/t18-/m1/s1. The zero-order valence-corrected chi connectivity index (χ0v) is 21.6. The first-order valence-electron chi connectivity index (χ1n) is 12.4. The lowest BCUT2D eigenvalue weighted by molar-refractivity contribution is 0.0937. The normalized spacial score (nSPS) is 11.8. The van der Waals surface area contributed by atoms with Crippen molar-refractivity contribution in [1.29, 1.82) is 0 Å². The summed E-state index contributed by atoms with van der Waals surface area (Å²) in [5, 5.41) is 7.42. The molecule has 40 heavy (non-hydrogen) atoms. The predicted octanol–water partition coefficient (Wildman–Crippen LogP) is 3.71. The second-order valence-electron chi connectivity index (χ2n) is 9.23. The van der Waals surface area contributed by atoms with Crippen LogP contribution in [0.3, 0.4) is 0 Å². The Balaban J connectivity index is 1.48. The summed E-state index contributed by atoms with van der Waals surface area (Å²) in [6.07, 6.45) is 8.17. The van der Waals surface area contributed by atoms with E-state index < -0.39 is 11.9 Å². The molecule has 10 heteroatoms. The summed E-state index contributed by atoms with van der Waals surface area (Å²) in [6, 6.07) is 13.8. The number of carbonyl (C=O) groups is 1. The van der Waals surface area contributed by atoms with Gasteiger partial charge in [0.15, 0.2) is 5.65 Å². The number of nitrogens with one attached hydrogen (secondary N) is 1. The molecule has 196 valence electrons. The molecule has 10 nitrogen and oxygen atoms in total. The van der Waals surface area contributed by atoms with E-state index in [1.54, 1.807) is 59.0 Å². The molecule has 0 saturated heterocycles. The van der Waals surface area contributed by atoms with E-state index in [-0.39, 0.29) is 16.8 Å². The van der Waals surface area contributed by atoms with Gasteiger partial charge in [0, 0.05) is 31.2 Å². The lowest BCUT2D eigenvalue weighted by Crippen LogP contribution is -2.29. The fraction of sp³-hybridized carbons (Fsp3) is 0.100. The fourth-order valence-corrected chi connectivity index (χ4v) is 4.62. The minimum atomic E-state index is -0.709. The Morgan fingerprint density at radius 1 is 1.10 bits per heavy atom. The van der Waals surface area contributed by atoms with E-state index in [9.17, 15) is 9.59 Å². The molecular weight excluding hydrogens is 506 g/mol. The number of hydrogen-bond donors (Lipinski definition) is 2. The van der Waals surface area contributed by atoms with Crippen LogP contribution in [0.5, 0.6) is 0 Å². The number of aromatic nitrogens is 5. The van der Waals surface area contributed by atoms with Crippen molar-refractivity contribution >= 4 is 28.3 Å². The summed E-state index contributed by atoms with van der Waals surface area (Å²) in [4.78, 5) is 35.9. The number of nitrogen functional groups attached to an aromatic ring is 1. The van der Waals surface area contributed by atoms with E-state index in [4.69, 9.17) is 10.2 Å². The van der Waals surface area contributed by atoms with Crippen molar-refractivity contribution < 1.29 is 9.21 Å². The smallest absolute Gasteiger partial charge is 0.259 e. The second kappa shape index (κ2) is 9.89. The van der Waals surface area contributed by atoms with Crippen LogP contribution < -0.4 is 16.5 Å². The maximum absolute atomic E-state index is 14.1. The van der Waals surface area contributed by atoms with Crippen LogP contribution in [0.15, 0.2) is 88.9 Å². The van der Waals surface area contributed by atoms with Gasteiger partial charge in [0.25, 0.3) is 5.91 Å². The van der Waals surface area contributed by atoms with E-state index >= 15 is 0 Å². The number of benzene rings is 2. The van der Waals surface area contributed by atoms with Gasteiger partial charge in [0.05, 0.1) is 28.8 Å². The van der Waals surface area contributed by atoms with Crippen LogP contribution >= 0.6 is 0 Å². The number of hydrogen-bond acceptors (Lipinski definition) is 7. The highest BCUT2D eigenvalue weighted by Gasteiger charge is 2.25. The van der Waals surface area contributed by atoms with E-state index in [2.05, 4.69) is 32.2 Å². The van der Waals surface area contributed by atoms with Crippen LogP contribution in [0.1, 0.15) is 40.2 Å². The predicted molar refractivity (Wildman–Crippen MR) is 150 cm³/mol. The van der Waals surface area contributed by atoms with Crippen molar-refractivity contribution in [2.24, 2.45) is 7.05 Å². The molecule has 0 fully saturated rings. The van der Waals surface area contributed by atoms with E-state index in [1.165, 1.54) is 6.33 Å². The summed E-state index contributed by atoms with van der Waals surface area (Å²) < 4.78 is 9.63. The van der Waals surface area contributed by atoms with Crippen molar-refractivity contribution in [3.8, 4) is 23.0 Å². The Morgan fingerprint density at radius 3 is 2.70 bits per heavy atom. The zero-order valence-electron chi connectivity index (χ0n) is 21.6. The molecule has 0 saturated carbocycles. The van der Waals surface area contributed by atoms with Gasteiger partial charge in [-0.1, -0.05) is 48.2 Å². The average Bonchev–Trinajstić information content (AvgIpc) is 3.60. The lowest BCUT2D eigenvalue weighted by atomic mass is 9.97. The summed E-state index contributed by atoms with van der Waals surface area (Å²) in [6.45, 7) is 1.75. The van der Waals surface area contributed by atoms with Crippen LogP contribution in [0.4, 0.5) is 5.82 Å². The minimum absolute atomic E-state index is 0.0449. The Kier molecular flexibility index (Phi) is 6.09. The number of amides is 1. The van der Waals surface area contributed by atoms with Crippen molar-refractivity contribution in [3.05, 3.63) is 112 Å². The van der Waals surface area contributed by atoms with Gasteiger partial charge in [0.1, 0.15) is 29.1 Å². The van der Waals surface area contributed by atoms with Gasteiger partial charge in [-0.05, 0) is 24.6 Å². The van der Waals surface area contributed by atoms with E-state index in [1.807, 2.05) is 37.4 Å². The number of rotatable bonds is 4. The van der Waals surface area contributed by atoms with Crippen molar-refractivity contribution in [2.45, 2.75) is 13.0 Å². The summed E-state index contributed by atoms with van der Waals surface area (Å²) in [5.41, 5.74) is 8.90. The largest absolute Gasteiger partial charge is 0.458 e. The summed E-state index contributed by atoms with van der Waals surface area (Å²) >= 11 is 0. The first kappa shape index (κ1) is 24.6. The molecule has 0 bridgehead atoms. The Labute approximate surface area is 228 Å². The number of imidazole rings is 1. The van der Waals surface area contributed by atoms with Crippen LogP contribution in [0.25, 0.3) is 27.7 Å². The highest BCUT2D eigenvalue weighted by atomic mass is 16.3. The fourth-order valence-electron chi connectivity index (χ4n) is 4.62. The van der Waals surface area contributed by atoms with Gasteiger partial charge in [-0.2, -0.15) is 5.10 Å². The van der Waals surface area contributed by atoms with E-state index in [0.717, 1.165) is 5.56 Å². The van der Waals surface area contributed by atoms with Crippen molar-refractivity contribution in [3.63, 3.8) is 0 Å². The highest BCUT2D eigenvalue weighted by molar-refractivity contribution is 6.04. The quantitative estimate of drug-likeness (QED) is 0.333. The van der Waals surface area contributed by atoms with Crippen LogP contribution in [0, 0.1) is 11.8 Å². The molecule has 2 aromatic carbocycles. The van der Waals surface area contributed by atoms with Crippen LogP contribution in [-0.2, 0) is 7.05 Å². The molecule has 0 spiro atoms. The monoisotopic (exact) mass is 529 g/mol. The number of fused-ring (bicyclic) bond motifs is 2. The molecule has 1 amide bonds. The van der Waals surface area contributed by atoms with Gasteiger partial charge < -0.3 is 15.5 Å². The van der Waals surface area contributed by atoms with Crippen molar-refractivity contribution in [1.82, 2.24) is 29.5 Å². The first-order chi connectivity index (χ1) is 19.4. The highest BCUT2D eigenvalue weighted by Crippen LogP contribution is 2.30. The maximum Gasteiger partial charge on any atom is 0.259 e. The molecule has 4 heterocycles. The lowest BCUT2D eigenvalue weighted by Gasteiger charge is -2.18. The summed E-state index contributed by atoms with van der Waals surface area (Å²) in [7, 11) is 1.81. The molecule has 6 aromatic rings. The van der Waals surface area contributed by atoms with E-state index in [0.29, 0.717) is 39.1 Å². The van der Waals surface area contributed by atoms with Gasteiger partial charge in [0.2, 0.25) is 5.43 Å². The molecule has 1 atom stereocenters. The zero-order chi connectivity index (χ0) is 27.8. The molecule has 0 unspecified atom stereocenters. The molecule has 0 aliphatic heterocycles. The topological polar surface area (TPSA) is 133 Å². The number of nitrogens with zero attached hydrogens (tertiary/aromatic N) is 5. The molecular formula is C30H23N7O3. The minimum Gasteiger partial charge on any atom is -0.458 e. The number of nitrogens with two attached hydrogens (primary N) is 1. The molecule has 0 aliphatic carbocycles. The van der Waals surface area contributed by atoms with Gasteiger partial charge in [-0.3, -0.25) is 18.7 Å². The maximum atomic E-state index is 14.1. The Morgan fingerprint density at radius 2 is 1.93 bits per heavy atom. The third-order valence-corrected chi connectivity index (χ3v) is 6.49. The third kappa shape index (κ3) is 4.35. The van der Waals surface area contributed by atoms with Crippen molar-refractivity contribution in [2.75, 3.05) is 5.73 Å². The van der Waals surface area contributed by atoms with Gasteiger partial charge in [-0.15, -0.1) is 0 Å². The summed E-state index contributed by atoms with van der Waals surface area (Å²) in [5.74, 6) is 6.01. The van der Waals surface area contributed by atoms with Gasteiger partial charge >= 0.3 is 0 Å². The second-order valence-corrected chi connectivity index (χ2v) is 9.23. The first-order valence-corrected chi connectivity index (χ1v) is 12.4. The SMILES string of the molecule is C[C@@H](NC(=O)c1c(N)ncn2ccnc12)c1oc2cccc(C#Cc3cnn(C)c3)c2c(=O)c1-c1ccccc1. The molecule has 3 N–H and O–H groups in total. The number of aryl methyl sites for hydroxylation is 1. The Bertz CT molecular complexity index is 2030. The molecule has 0 radical (unpaired) electrons. The third-order valence-electron chi connectivity index (χ3n) is 6.49.